The second kappa shape index (κ2) is 3.09. The van der Waals surface area contributed by atoms with E-state index in [4.69, 9.17) is 4.74 Å². The molecular formula is C14H16O2. The van der Waals surface area contributed by atoms with E-state index in [2.05, 4.69) is 38.1 Å². The van der Waals surface area contributed by atoms with Gasteiger partial charge in [0.15, 0.2) is 0 Å². The molecular weight excluding hydrogens is 200 g/mol. The van der Waals surface area contributed by atoms with Crippen molar-refractivity contribution in [2.75, 3.05) is 0 Å². The lowest BCUT2D eigenvalue weighted by atomic mass is 9.64. The van der Waals surface area contributed by atoms with E-state index in [9.17, 15) is 4.79 Å². The molecule has 1 aliphatic heterocycles. The summed E-state index contributed by atoms with van der Waals surface area (Å²) in [5.41, 5.74) is 2.77. The highest BCUT2D eigenvalue weighted by molar-refractivity contribution is 5.73. The molecule has 0 radical (unpaired) electrons. The van der Waals surface area contributed by atoms with Crippen LogP contribution in [-0.2, 0) is 21.4 Å². The molecule has 1 saturated heterocycles. The van der Waals surface area contributed by atoms with Gasteiger partial charge in [-0.1, -0.05) is 38.1 Å². The summed E-state index contributed by atoms with van der Waals surface area (Å²) in [7, 11) is 0. The number of carbonyl (C=O) groups excluding carboxylic acids is 1. The van der Waals surface area contributed by atoms with E-state index < -0.39 is 0 Å². The molecule has 0 bridgehead atoms. The van der Waals surface area contributed by atoms with Crippen molar-refractivity contribution in [1.29, 1.82) is 0 Å². The van der Waals surface area contributed by atoms with Crippen molar-refractivity contribution in [3.8, 4) is 0 Å². The zero-order chi connectivity index (χ0) is 11.3. The van der Waals surface area contributed by atoms with Crippen LogP contribution in [0.4, 0.5) is 0 Å². The van der Waals surface area contributed by atoms with Crippen molar-refractivity contribution in [3.05, 3.63) is 35.4 Å². The largest absolute Gasteiger partial charge is 0.462 e. The van der Waals surface area contributed by atoms with E-state index in [1.54, 1.807) is 0 Å². The van der Waals surface area contributed by atoms with E-state index in [0.717, 1.165) is 6.42 Å². The number of benzene rings is 1. The lowest BCUT2D eigenvalue weighted by Gasteiger charge is -2.40. The Bertz CT molecular complexity index is 448. The molecule has 1 heterocycles. The molecule has 1 fully saturated rings. The van der Waals surface area contributed by atoms with E-state index >= 15 is 0 Å². The second-order valence-electron chi connectivity index (χ2n) is 5.42. The third kappa shape index (κ3) is 1.22. The maximum Gasteiger partial charge on any atom is 0.306 e. The van der Waals surface area contributed by atoms with Crippen LogP contribution in [0.1, 0.15) is 31.4 Å². The molecule has 3 rings (SSSR count). The molecule has 0 unspecified atom stereocenters. The summed E-state index contributed by atoms with van der Waals surface area (Å²) in [4.78, 5) is 11.4. The van der Waals surface area contributed by atoms with Crippen LogP contribution in [0.15, 0.2) is 24.3 Å². The Hall–Kier alpha value is -1.31. The first-order valence-corrected chi connectivity index (χ1v) is 5.87. The van der Waals surface area contributed by atoms with Crippen molar-refractivity contribution in [1.82, 2.24) is 0 Å². The smallest absolute Gasteiger partial charge is 0.306 e. The van der Waals surface area contributed by atoms with Gasteiger partial charge < -0.3 is 4.74 Å². The molecule has 84 valence electrons. The van der Waals surface area contributed by atoms with Gasteiger partial charge in [-0.15, -0.1) is 0 Å². The summed E-state index contributed by atoms with van der Waals surface area (Å²) in [6.07, 6.45) is 1.56. The van der Waals surface area contributed by atoms with Crippen LogP contribution >= 0.6 is 0 Å². The van der Waals surface area contributed by atoms with Gasteiger partial charge in [-0.05, 0) is 16.5 Å². The zero-order valence-corrected chi connectivity index (χ0v) is 9.69. The molecule has 0 spiro atoms. The Morgan fingerprint density at radius 3 is 2.81 bits per heavy atom. The molecule has 1 aromatic rings. The number of hydrogen-bond donors (Lipinski definition) is 0. The molecule has 0 N–H and O–H groups in total. The SMILES string of the molecule is CC1(C)c2ccccc2C[C@H]2OC(=O)C[C@@H]21. The Kier molecular flexibility index (Phi) is 1.91. The van der Waals surface area contributed by atoms with Gasteiger partial charge in [-0.25, -0.2) is 0 Å². The molecule has 0 saturated carbocycles. The Labute approximate surface area is 95.6 Å². The first kappa shape index (κ1) is 9.88. The van der Waals surface area contributed by atoms with Gasteiger partial charge in [0.1, 0.15) is 6.10 Å². The van der Waals surface area contributed by atoms with Gasteiger partial charge >= 0.3 is 5.97 Å². The second-order valence-corrected chi connectivity index (χ2v) is 5.42. The van der Waals surface area contributed by atoms with Gasteiger partial charge in [0, 0.05) is 12.3 Å². The minimum absolute atomic E-state index is 0.0316. The number of ether oxygens (including phenoxy) is 1. The number of hydrogen-bond acceptors (Lipinski definition) is 2. The Morgan fingerprint density at radius 1 is 1.25 bits per heavy atom. The molecule has 1 aromatic carbocycles. The molecule has 2 atom stereocenters. The number of rotatable bonds is 0. The van der Waals surface area contributed by atoms with E-state index in [1.807, 2.05) is 0 Å². The summed E-state index contributed by atoms with van der Waals surface area (Å²) >= 11 is 0. The standard InChI is InChI=1S/C14H16O2/c1-14(2)10-6-4-3-5-9(10)7-12-11(14)8-13(15)16-12/h3-6,11-12H,7-8H2,1-2H3/t11-,12+/m0/s1. The first-order chi connectivity index (χ1) is 7.59. The summed E-state index contributed by atoms with van der Waals surface area (Å²) in [6.45, 7) is 4.45. The predicted molar refractivity (Wildman–Crippen MR) is 61.2 cm³/mol. The molecule has 2 heteroatoms. The van der Waals surface area contributed by atoms with Crippen LogP contribution in [-0.4, -0.2) is 12.1 Å². The fraction of sp³-hybridized carbons (Fsp3) is 0.500. The van der Waals surface area contributed by atoms with Crippen LogP contribution in [0.3, 0.4) is 0 Å². The lowest BCUT2D eigenvalue weighted by Crippen LogP contribution is -2.40. The molecule has 0 amide bonds. The highest BCUT2D eigenvalue weighted by atomic mass is 16.5. The van der Waals surface area contributed by atoms with Gasteiger partial charge in [-0.3, -0.25) is 4.79 Å². The molecule has 2 nitrogen and oxygen atoms in total. The van der Waals surface area contributed by atoms with Gasteiger partial charge in [-0.2, -0.15) is 0 Å². The van der Waals surface area contributed by atoms with Crippen LogP contribution in [0, 0.1) is 5.92 Å². The number of esters is 1. The van der Waals surface area contributed by atoms with Crippen LogP contribution in [0.5, 0.6) is 0 Å². The first-order valence-electron chi connectivity index (χ1n) is 5.87. The van der Waals surface area contributed by atoms with Gasteiger partial charge in [0.05, 0.1) is 6.42 Å². The van der Waals surface area contributed by atoms with Crippen LogP contribution in [0.2, 0.25) is 0 Å². The Morgan fingerprint density at radius 2 is 2.00 bits per heavy atom. The quantitative estimate of drug-likeness (QED) is 0.623. The highest BCUT2D eigenvalue weighted by Gasteiger charge is 2.48. The average molecular weight is 216 g/mol. The van der Waals surface area contributed by atoms with E-state index in [1.165, 1.54) is 11.1 Å². The van der Waals surface area contributed by atoms with Gasteiger partial charge in [0.25, 0.3) is 0 Å². The average Bonchev–Trinajstić information content (AvgIpc) is 2.60. The van der Waals surface area contributed by atoms with Crippen molar-refractivity contribution < 1.29 is 9.53 Å². The summed E-state index contributed by atoms with van der Waals surface area (Å²) in [5.74, 6) is 0.311. The molecule has 16 heavy (non-hydrogen) atoms. The van der Waals surface area contributed by atoms with Crippen LogP contribution in [0.25, 0.3) is 0 Å². The normalized spacial score (nSPS) is 30.5. The Balaban J connectivity index is 2.11. The third-order valence-electron chi connectivity index (χ3n) is 4.18. The van der Waals surface area contributed by atoms with E-state index in [-0.39, 0.29) is 17.5 Å². The highest BCUT2D eigenvalue weighted by Crippen LogP contribution is 2.46. The summed E-state index contributed by atoms with van der Waals surface area (Å²) in [6, 6.07) is 8.48. The molecule has 2 aliphatic rings. The minimum atomic E-state index is -0.0316. The topological polar surface area (TPSA) is 26.3 Å². The maximum absolute atomic E-state index is 11.4. The lowest BCUT2D eigenvalue weighted by molar-refractivity contribution is -0.141. The predicted octanol–water partition coefficient (Wildman–Crippen LogP) is 2.45. The van der Waals surface area contributed by atoms with Gasteiger partial charge in [0.2, 0.25) is 0 Å². The van der Waals surface area contributed by atoms with Crippen molar-refractivity contribution in [3.63, 3.8) is 0 Å². The van der Waals surface area contributed by atoms with Crippen molar-refractivity contribution >= 4 is 5.97 Å². The molecule has 0 aromatic heterocycles. The van der Waals surface area contributed by atoms with Crippen LogP contribution < -0.4 is 0 Å². The number of carbonyl (C=O) groups is 1. The summed E-state index contributed by atoms with van der Waals surface area (Å²) < 4.78 is 5.42. The number of fused-ring (bicyclic) bond motifs is 2. The van der Waals surface area contributed by atoms with Crippen molar-refractivity contribution in [2.24, 2.45) is 5.92 Å². The fourth-order valence-electron chi connectivity index (χ4n) is 3.26. The molecule has 1 aliphatic carbocycles. The monoisotopic (exact) mass is 216 g/mol. The third-order valence-corrected chi connectivity index (χ3v) is 4.18. The minimum Gasteiger partial charge on any atom is -0.462 e. The van der Waals surface area contributed by atoms with E-state index in [0.29, 0.717) is 12.3 Å². The fourth-order valence-corrected chi connectivity index (χ4v) is 3.26. The maximum atomic E-state index is 11.4. The van der Waals surface area contributed by atoms with Crippen molar-refractivity contribution in [2.45, 2.75) is 38.2 Å². The summed E-state index contributed by atoms with van der Waals surface area (Å²) in [5, 5.41) is 0. The zero-order valence-electron chi connectivity index (χ0n) is 9.69.